The summed E-state index contributed by atoms with van der Waals surface area (Å²) in [5.41, 5.74) is 0.730. The van der Waals surface area contributed by atoms with Crippen LogP contribution in [0.3, 0.4) is 0 Å². The number of hydrogen-bond donors (Lipinski definition) is 2. The van der Waals surface area contributed by atoms with Crippen molar-refractivity contribution < 1.29 is 5.11 Å². The zero-order valence-electron chi connectivity index (χ0n) is 7.92. The molecular formula is C9H17NOS. The SMILES string of the molecule is C=CCC(O)S/C(C)=C(/C)NC. The van der Waals surface area contributed by atoms with Crippen LogP contribution < -0.4 is 5.32 Å². The van der Waals surface area contributed by atoms with E-state index in [1.165, 1.54) is 11.8 Å². The Morgan fingerprint density at radius 2 is 2.25 bits per heavy atom. The molecule has 1 atom stereocenters. The van der Waals surface area contributed by atoms with Crippen molar-refractivity contribution in [1.82, 2.24) is 5.32 Å². The summed E-state index contributed by atoms with van der Waals surface area (Å²) in [4.78, 5) is 1.12. The molecule has 70 valence electrons. The summed E-state index contributed by atoms with van der Waals surface area (Å²) < 4.78 is 0. The number of thioether (sulfide) groups is 1. The number of allylic oxidation sites excluding steroid dienone is 2. The summed E-state index contributed by atoms with van der Waals surface area (Å²) >= 11 is 1.46. The highest BCUT2D eigenvalue weighted by Crippen LogP contribution is 2.23. The van der Waals surface area contributed by atoms with Gasteiger partial charge in [0, 0.05) is 24.1 Å². The van der Waals surface area contributed by atoms with Gasteiger partial charge in [0.05, 0.1) is 0 Å². The fourth-order valence-electron chi connectivity index (χ4n) is 0.659. The van der Waals surface area contributed by atoms with Crippen LogP contribution in [0.25, 0.3) is 0 Å². The first-order valence-electron chi connectivity index (χ1n) is 3.92. The van der Waals surface area contributed by atoms with Crippen LogP contribution in [0.2, 0.25) is 0 Å². The molecule has 2 N–H and O–H groups in total. The van der Waals surface area contributed by atoms with Gasteiger partial charge < -0.3 is 10.4 Å². The van der Waals surface area contributed by atoms with E-state index in [-0.39, 0.29) is 5.44 Å². The van der Waals surface area contributed by atoms with Crippen molar-refractivity contribution in [2.24, 2.45) is 0 Å². The third kappa shape index (κ3) is 4.46. The molecule has 2 nitrogen and oxygen atoms in total. The number of hydrogen-bond acceptors (Lipinski definition) is 3. The van der Waals surface area contributed by atoms with E-state index >= 15 is 0 Å². The maximum absolute atomic E-state index is 9.39. The predicted octanol–water partition coefficient (Wildman–Crippen LogP) is 2.08. The summed E-state index contributed by atoms with van der Waals surface area (Å²) in [7, 11) is 1.87. The van der Waals surface area contributed by atoms with E-state index in [4.69, 9.17) is 0 Å². The molecule has 0 aromatic rings. The largest absolute Gasteiger partial charge is 0.391 e. The Morgan fingerprint density at radius 1 is 1.67 bits per heavy atom. The maximum Gasteiger partial charge on any atom is 0.107 e. The Labute approximate surface area is 78.7 Å². The van der Waals surface area contributed by atoms with E-state index < -0.39 is 0 Å². The van der Waals surface area contributed by atoms with Crippen LogP contribution in [0, 0.1) is 0 Å². The van der Waals surface area contributed by atoms with Crippen molar-refractivity contribution >= 4 is 11.8 Å². The maximum atomic E-state index is 9.39. The fraction of sp³-hybridized carbons (Fsp3) is 0.556. The third-order valence-corrected chi connectivity index (χ3v) is 2.71. The normalized spacial score (nSPS) is 15.0. The van der Waals surface area contributed by atoms with Crippen LogP contribution in [-0.2, 0) is 0 Å². The summed E-state index contributed by atoms with van der Waals surface area (Å²) in [5.74, 6) is 0. The second-order valence-corrected chi connectivity index (χ2v) is 3.92. The second-order valence-electron chi connectivity index (χ2n) is 2.53. The zero-order chi connectivity index (χ0) is 9.56. The first-order chi connectivity index (χ1) is 5.61. The van der Waals surface area contributed by atoms with Gasteiger partial charge >= 0.3 is 0 Å². The number of rotatable bonds is 5. The molecule has 0 amide bonds. The molecule has 0 saturated carbocycles. The molecular weight excluding hydrogens is 170 g/mol. The van der Waals surface area contributed by atoms with Gasteiger partial charge in [0.2, 0.25) is 0 Å². The molecule has 0 aromatic heterocycles. The summed E-state index contributed by atoms with van der Waals surface area (Å²) in [6, 6.07) is 0. The lowest BCUT2D eigenvalue weighted by molar-refractivity contribution is 0.268. The van der Waals surface area contributed by atoms with Crippen molar-refractivity contribution in [1.29, 1.82) is 0 Å². The monoisotopic (exact) mass is 187 g/mol. The minimum Gasteiger partial charge on any atom is -0.391 e. The van der Waals surface area contributed by atoms with E-state index in [1.54, 1.807) is 6.08 Å². The van der Waals surface area contributed by atoms with Crippen molar-refractivity contribution in [3.8, 4) is 0 Å². The predicted molar refractivity (Wildman–Crippen MR) is 55.8 cm³/mol. The van der Waals surface area contributed by atoms with Crippen LogP contribution in [0.4, 0.5) is 0 Å². The fourth-order valence-corrected chi connectivity index (χ4v) is 1.58. The van der Waals surface area contributed by atoms with Gasteiger partial charge in [-0.05, 0) is 13.8 Å². The zero-order valence-corrected chi connectivity index (χ0v) is 8.74. The van der Waals surface area contributed by atoms with Crippen molar-refractivity contribution in [3.63, 3.8) is 0 Å². The standard InChI is InChI=1S/C9H17NOS/c1-5-6-9(11)12-8(3)7(2)10-4/h5,9-11H,1,6H2,2-4H3/b8-7-. The highest BCUT2D eigenvalue weighted by molar-refractivity contribution is 8.03. The van der Waals surface area contributed by atoms with E-state index in [0.717, 1.165) is 10.6 Å². The van der Waals surface area contributed by atoms with Crippen molar-refractivity contribution in [3.05, 3.63) is 23.3 Å². The minimum atomic E-state index is -0.370. The van der Waals surface area contributed by atoms with Crippen LogP contribution in [-0.4, -0.2) is 17.6 Å². The minimum absolute atomic E-state index is 0.370. The quantitative estimate of drug-likeness (QED) is 0.510. The summed E-state index contributed by atoms with van der Waals surface area (Å²) in [5, 5.41) is 12.4. The van der Waals surface area contributed by atoms with Gasteiger partial charge in [0.1, 0.15) is 5.44 Å². The molecule has 0 aliphatic rings. The molecule has 0 bridgehead atoms. The molecule has 0 aromatic carbocycles. The molecule has 0 saturated heterocycles. The van der Waals surface area contributed by atoms with Gasteiger partial charge in [-0.1, -0.05) is 17.8 Å². The van der Waals surface area contributed by atoms with Gasteiger partial charge in [-0.2, -0.15) is 0 Å². The number of aliphatic hydroxyl groups excluding tert-OH is 1. The van der Waals surface area contributed by atoms with E-state index in [2.05, 4.69) is 11.9 Å². The van der Waals surface area contributed by atoms with Gasteiger partial charge in [-0.15, -0.1) is 6.58 Å². The van der Waals surface area contributed by atoms with Crippen LogP contribution >= 0.6 is 11.8 Å². The number of aliphatic hydroxyl groups is 1. The molecule has 0 aliphatic heterocycles. The van der Waals surface area contributed by atoms with Gasteiger partial charge in [0.15, 0.2) is 0 Å². The Balaban J connectivity index is 3.98. The lowest BCUT2D eigenvalue weighted by atomic mass is 10.4. The molecule has 0 fully saturated rings. The van der Waals surface area contributed by atoms with E-state index in [0.29, 0.717) is 6.42 Å². The highest BCUT2D eigenvalue weighted by atomic mass is 32.2. The van der Waals surface area contributed by atoms with Gasteiger partial charge in [-0.25, -0.2) is 0 Å². The Hall–Kier alpha value is -0.410. The summed E-state index contributed by atoms with van der Waals surface area (Å²) in [6.45, 7) is 7.55. The topological polar surface area (TPSA) is 32.3 Å². The molecule has 0 radical (unpaired) electrons. The van der Waals surface area contributed by atoms with Gasteiger partial charge in [0.25, 0.3) is 0 Å². The van der Waals surface area contributed by atoms with Crippen molar-refractivity contribution in [2.45, 2.75) is 25.7 Å². The Morgan fingerprint density at radius 3 is 2.67 bits per heavy atom. The first kappa shape index (κ1) is 11.6. The van der Waals surface area contributed by atoms with Crippen molar-refractivity contribution in [2.75, 3.05) is 7.05 Å². The van der Waals surface area contributed by atoms with E-state index in [1.807, 2.05) is 20.9 Å². The molecule has 3 heteroatoms. The average Bonchev–Trinajstić information content (AvgIpc) is 2.03. The Bertz CT molecular complexity index is 177. The smallest absolute Gasteiger partial charge is 0.107 e. The molecule has 0 rings (SSSR count). The molecule has 12 heavy (non-hydrogen) atoms. The van der Waals surface area contributed by atoms with Crippen LogP contribution in [0.5, 0.6) is 0 Å². The number of nitrogens with one attached hydrogen (secondary N) is 1. The highest BCUT2D eigenvalue weighted by Gasteiger charge is 2.04. The third-order valence-electron chi connectivity index (χ3n) is 1.58. The lowest BCUT2D eigenvalue weighted by Gasteiger charge is -2.10. The molecule has 0 aliphatic carbocycles. The van der Waals surface area contributed by atoms with E-state index in [9.17, 15) is 5.11 Å². The molecule has 0 spiro atoms. The van der Waals surface area contributed by atoms with Crippen LogP contribution in [0.1, 0.15) is 20.3 Å². The van der Waals surface area contributed by atoms with Crippen LogP contribution in [0.15, 0.2) is 23.3 Å². The Kier molecular flexibility index (Phi) is 5.93. The second kappa shape index (κ2) is 6.14. The van der Waals surface area contributed by atoms with Gasteiger partial charge in [-0.3, -0.25) is 0 Å². The molecule has 0 heterocycles. The first-order valence-corrected chi connectivity index (χ1v) is 4.80. The summed E-state index contributed by atoms with van der Waals surface area (Å²) in [6.07, 6.45) is 2.35. The average molecular weight is 187 g/mol. The lowest BCUT2D eigenvalue weighted by Crippen LogP contribution is -2.06. The molecule has 1 unspecified atom stereocenters.